The summed E-state index contributed by atoms with van der Waals surface area (Å²) in [4.78, 5) is 10.8. The Hall–Kier alpha value is -2.04. The van der Waals surface area contributed by atoms with Gasteiger partial charge in [-0.2, -0.15) is 5.10 Å². The lowest BCUT2D eigenvalue weighted by Crippen LogP contribution is -2.26. The van der Waals surface area contributed by atoms with Crippen molar-refractivity contribution in [3.05, 3.63) is 69.7 Å². The van der Waals surface area contributed by atoms with Gasteiger partial charge in [0.2, 0.25) is 0 Å². The van der Waals surface area contributed by atoms with Crippen LogP contribution in [0.2, 0.25) is 10.0 Å². The number of nitrogens with zero attached hydrogens (tertiary/aromatic N) is 1. The highest BCUT2D eigenvalue weighted by Gasteiger charge is 2.09. The predicted molar refractivity (Wildman–Crippen MR) is 81.3 cm³/mol. The number of nitrogens with two attached hydrogens (primary N) is 1. The van der Waals surface area contributed by atoms with Gasteiger partial charge < -0.3 is 5.73 Å². The molecule has 0 aliphatic heterocycles. The van der Waals surface area contributed by atoms with Crippen molar-refractivity contribution in [2.75, 3.05) is 0 Å². The second-order valence-electron chi connectivity index (χ2n) is 3.93. The first-order chi connectivity index (χ1) is 9.58. The topological polar surface area (TPSA) is 67.5 Å². The highest BCUT2D eigenvalue weighted by molar-refractivity contribution is 6.42. The quantitative estimate of drug-likeness (QED) is 0.662. The molecular weight excluding hydrogens is 297 g/mol. The minimum absolute atomic E-state index is 0.409. The fourth-order valence-corrected chi connectivity index (χ4v) is 1.94. The van der Waals surface area contributed by atoms with Crippen LogP contribution in [0.25, 0.3) is 0 Å². The van der Waals surface area contributed by atoms with E-state index in [4.69, 9.17) is 28.9 Å². The number of rotatable bonds is 3. The molecule has 0 saturated carbocycles. The molecular formula is C14H11Cl2N3O. The molecule has 3 N–H and O–H groups in total. The number of amides is 2. The van der Waals surface area contributed by atoms with Gasteiger partial charge in [-0.15, -0.1) is 0 Å². The van der Waals surface area contributed by atoms with Crippen LogP contribution in [-0.4, -0.2) is 11.7 Å². The van der Waals surface area contributed by atoms with Crippen LogP contribution in [0.4, 0.5) is 4.79 Å². The predicted octanol–water partition coefficient (Wildman–Crippen LogP) is 3.41. The van der Waals surface area contributed by atoms with E-state index in [1.165, 1.54) is 0 Å². The van der Waals surface area contributed by atoms with E-state index in [-0.39, 0.29) is 0 Å². The number of carbonyl (C=O) groups excluding carboxylic acids is 1. The maximum Gasteiger partial charge on any atom is 0.332 e. The molecule has 4 nitrogen and oxygen atoms in total. The number of primary amides is 1. The molecule has 0 aliphatic carbocycles. The smallest absolute Gasteiger partial charge is 0.332 e. The van der Waals surface area contributed by atoms with Crippen LogP contribution in [-0.2, 0) is 0 Å². The van der Waals surface area contributed by atoms with E-state index in [0.717, 1.165) is 11.1 Å². The van der Waals surface area contributed by atoms with Gasteiger partial charge in [0, 0.05) is 11.1 Å². The van der Waals surface area contributed by atoms with Gasteiger partial charge in [-0.05, 0) is 12.1 Å². The Morgan fingerprint density at radius 3 is 2.30 bits per heavy atom. The Bertz CT molecular complexity index is 657. The third-order valence-corrected chi connectivity index (χ3v) is 3.26. The number of halogens is 2. The maximum absolute atomic E-state index is 10.8. The highest BCUT2D eigenvalue weighted by Crippen LogP contribution is 2.24. The molecule has 0 radical (unpaired) electrons. The second-order valence-corrected chi connectivity index (χ2v) is 4.75. The molecule has 0 aliphatic rings. The molecule has 0 saturated heterocycles. The van der Waals surface area contributed by atoms with E-state index < -0.39 is 6.03 Å². The first kappa shape index (κ1) is 14.4. The zero-order valence-electron chi connectivity index (χ0n) is 10.3. The molecule has 0 unspecified atom stereocenters. The lowest BCUT2D eigenvalue weighted by Gasteiger charge is -2.08. The number of carbonyl (C=O) groups is 1. The molecule has 2 aromatic rings. The van der Waals surface area contributed by atoms with Crippen LogP contribution in [0.15, 0.2) is 53.6 Å². The summed E-state index contributed by atoms with van der Waals surface area (Å²) in [5, 5.41) is 4.88. The van der Waals surface area contributed by atoms with Crippen LogP contribution < -0.4 is 11.2 Å². The molecule has 2 aromatic carbocycles. The summed E-state index contributed by atoms with van der Waals surface area (Å²) in [6.07, 6.45) is 0. The standard InChI is InChI=1S/C14H11Cl2N3O/c15-11-7-6-10(8-12(11)16)13(18-19-14(17)20)9-4-2-1-3-5-9/h1-8H,(H3,17,19,20)/b18-13-. The number of urea groups is 1. The molecule has 2 rings (SSSR count). The second kappa shape index (κ2) is 6.41. The Kier molecular flexibility index (Phi) is 4.61. The van der Waals surface area contributed by atoms with Gasteiger partial charge in [-0.25, -0.2) is 10.2 Å². The van der Waals surface area contributed by atoms with Crippen LogP contribution >= 0.6 is 23.2 Å². The molecule has 0 bridgehead atoms. The summed E-state index contributed by atoms with van der Waals surface area (Å²) < 4.78 is 0. The Labute approximate surface area is 126 Å². The number of hydrogen-bond donors (Lipinski definition) is 2. The monoisotopic (exact) mass is 307 g/mol. The lowest BCUT2D eigenvalue weighted by molar-refractivity contribution is 0.249. The van der Waals surface area contributed by atoms with Crippen molar-refractivity contribution in [2.45, 2.75) is 0 Å². The zero-order chi connectivity index (χ0) is 14.5. The van der Waals surface area contributed by atoms with Gasteiger partial charge in [-0.1, -0.05) is 59.6 Å². The highest BCUT2D eigenvalue weighted by atomic mass is 35.5. The largest absolute Gasteiger partial charge is 0.350 e. The SMILES string of the molecule is NC(=O)N/N=C(/c1ccccc1)c1ccc(Cl)c(Cl)c1. The van der Waals surface area contributed by atoms with Gasteiger partial charge in [0.15, 0.2) is 0 Å². The van der Waals surface area contributed by atoms with E-state index in [0.29, 0.717) is 15.8 Å². The van der Waals surface area contributed by atoms with Crippen molar-refractivity contribution in [2.24, 2.45) is 10.8 Å². The molecule has 0 aromatic heterocycles. The minimum Gasteiger partial charge on any atom is -0.350 e. The Morgan fingerprint density at radius 2 is 1.70 bits per heavy atom. The summed E-state index contributed by atoms with van der Waals surface area (Å²) >= 11 is 11.9. The van der Waals surface area contributed by atoms with Crippen LogP contribution in [0, 0.1) is 0 Å². The summed E-state index contributed by atoms with van der Waals surface area (Å²) in [5.74, 6) is 0. The van der Waals surface area contributed by atoms with Gasteiger partial charge in [0.25, 0.3) is 0 Å². The Balaban J connectivity index is 2.48. The van der Waals surface area contributed by atoms with Crippen molar-refractivity contribution in [1.29, 1.82) is 0 Å². The molecule has 0 fully saturated rings. The minimum atomic E-state index is -0.738. The molecule has 0 heterocycles. The third-order valence-electron chi connectivity index (χ3n) is 2.52. The van der Waals surface area contributed by atoms with Crippen LogP contribution in [0.5, 0.6) is 0 Å². The van der Waals surface area contributed by atoms with E-state index in [1.54, 1.807) is 18.2 Å². The van der Waals surface area contributed by atoms with Crippen LogP contribution in [0.3, 0.4) is 0 Å². The fraction of sp³-hybridized carbons (Fsp3) is 0. The van der Waals surface area contributed by atoms with E-state index in [1.807, 2.05) is 30.3 Å². The average Bonchev–Trinajstić information content (AvgIpc) is 2.44. The fourth-order valence-electron chi connectivity index (χ4n) is 1.65. The number of hydrazone groups is 1. The van der Waals surface area contributed by atoms with Gasteiger partial charge in [0.1, 0.15) is 0 Å². The van der Waals surface area contributed by atoms with Crippen molar-refractivity contribution in [3.63, 3.8) is 0 Å². The van der Waals surface area contributed by atoms with Crippen molar-refractivity contribution < 1.29 is 4.79 Å². The normalized spacial score (nSPS) is 11.2. The van der Waals surface area contributed by atoms with Crippen molar-refractivity contribution >= 4 is 34.9 Å². The summed E-state index contributed by atoms with van der Waals surface area (Å²) in [6, 6.07) is 13.7. The Morgan fingerprint density at radius 1 is 1.00 bits per heavy atom. The lowest BCUT2D eigenvalue weighted by atomic mass is 10.0. The van der Waals surface area contributed by atoms with E-state index >= 15 is 0 Å². The molecule has 6 heteroatoms. The summed E-state index contributed by atoms with van der Waals surface area (Å²) in [5.41, 5.74) is 9.36. The zero-order valence-corrected chi connectivity index (χ0v) is 11.8. The van der Waals surface area contributed by atoms with Gasteiger partial charge >= 0.3 is 6.03 Å². The number of nitrogens with one attached hydrogen (secondary N) is 1. The van der Waals surface area contributed by atoms with Gasteiger partial charge in [-0.3, -0.25) is 0 Å². The van der Waals surface area contributed by atoms with Gasteiger partial charge in [0.05, 0.1) is 15.8 Å². The van der Waals surface area contributed by atoms with E-state index in [2.05, 4.69) is 10.5 Å². The first-order valence-corrected chi connectivity index (χ1v) is 6.47. The molecule has 102 valence electrons. The number of benzene rings is 2. The number of hydrogen-bond acceptors (Lipinski definition) is 2. The summed E-state index contributed by atoms with van der Waals surface area (Å²) in [7, 11) is 0. The average molecular weight is 308 g/mol. The van der Waals surface area contributed by atoms with Crippen molar-refractivity contribution in [3.8, 4) is 0 Å². The van der Waals surface area contributed by atoms with Crippen molar-refractivity contribution in [1.82, 2.24) is 5.43 Å². The third kappa shape index (κ3) is 3.50. The maximum atomic E-state index is 10.8. The van der Waals surface area contributed by atoms with E-state index in [9.17, 15) is 4.79 Å². The summed E-state index contributed by atoms with van der Waals surface area (Å²) in [6.45, 7) is 0. The van der Waals surface area contributed by atoms with Crippen LogP contribution in [0.1, 0.15) is 11.1 Å². The molecule has 0 spiro atoms. The molecule has 20 heavy (non-hydrogen) atoms. The molecule has 0 atom stereocenters. The molecule has 2 amide bonds. The first-order valence-electron chi connectivity index (χ1n) is 5.72.